The molecule has 2 rings (SSSR count). The lowest BCUT2D eigenvalue weighted by Gasteiger charge is -2.04. The highest BCUT2D eigenvalue weighted by Crippen LogP contribution is 2.15. The number of nitrogens with one attached hydrogen (secondary N) is 1. The summed E-state index contributed by atoms with van der Waals surface area (Å²) in [6.45, 7) is 0.855. The second kappa shape index (κ2) is 7.49. The third-order valence-electron chi connectivity index (χ3n) is 2.72. The zero-order valence-corrected chi connectivity index (χ0v) is 11.9. The summed E-state index contributed by atoms with van der Waals surface area (Å²) >= 11 is 1.59. The summed E-state index contributed by atoms with van der Waals surface area (Å²) in [5.41, 5.74) is 7.32. The van der Waals surface area contributed by atoms with Crippen LogP contribution in [0.4, 0.5) is 0 Å². The van der Waals surface area contributed by atoms with Crippen LogP contribution in [0.1, 0.15) is 16.0 Å². The third kappa shape index (κ3) is 4.23. The lowest BCUT2D eigenvalue weighted by Crippen LogP contribution is -2.24. The number of hydrogen-bond acceptors (Lipinski definition) is 3. The lowest BCUT2D eigenvalue weighted by molar-refractivity contribution is -0.120. The van der Waals surface area contributed by atoms with Crippen molar-refractivity contribution in [3.63, 3.8) is 0 Å². The molecule has 0 bridgehead atoms. The van der Waals surface area contributed by atoms with Gasteiger partial charge in [-0.15, -0.1) is 11.3 Å². The Morgan fingerprint density at radius 1 is 1.25 bits per heavy atom. The molecule has 1 amide bonds. The van der Waals surface area contributed by atoms with E-state index in [1.807, 2.05) is 41.8 Å². The molecule has 0 fully saturated rings. The molecule has 0 saturated heterocycles. The van der Waals surface area contributed by atoms with Gasteiger partial charge in [0, 0.05) is 10.4 Å². The second-order valence-electron chi connectivity index (χ2n) is 4.20. The van der Waals surface area contributed by atoms with Gasteiger partial charge >= 0.3 is 0 Å². The van der Waals surface area contributed by atoms with Crippen LogP contribution in [0.2, 0.25) is 0 Å². The van der Waals surface area contributed by atoms with Gasteiger partial charge in [0.2, 0.25) is 5.91 Å². The van der Waals surface area contributed by atoms with E-state index in [4.69, 9.17) is 5.73 Å². The van der Waals surface area contributed by atoms with E-state index in [2.05, 4.69) is 17.2 Å². The summed E-state index contributed by atoms with van der Waals surface area (Å²) in [6.07, 6.45) is 0.399. The van der Waals surface area contributed by atoms with Gasteiger partial charge in [-0.3, -0.25) is 4.79 Å². The van der Waals surface area contributed by atoms with Gasteiger partial charge in [-0.2, -0.15) is 0 Å². The SMILES string of the molecule is NCC#Cc1ccsc1CNC(=O)Cc1ccccc1. The van der Waals surface area contributed by atoms with Gasteiger partial charge in [0.25, 0.3) is 0 Å². The minimum atomic E-state index is 0.0161. The van der Waals surface area contributed by atoms with Crippen molar-refractivity contribution in [1.82, 2.24) is 5.32 Å². The molecule has 1 aromatic heterocycles. The fraction of sp³-hybridized carbons (Fsp3) is 0.188. The molecule has 0 unspecified atom stereocenters. The van der Waals surface area contributed by atoms with Crippen molar-refractivity contribution < 1.29 is 4.79 Å². The quantitative estimate of drug-likeness (QED) is 0.843. The summed E-state index contributed by atoms with van der Waals surface area (Å²) in [7, 11) is 0. The molecule has 0 radical (unpaired) electrons. The first-order valence-corrected chi connectivity index (χ1v) is 7.23. The molecule has 20 heavy (non-hydrogen) atoms. The Labute approximate surface area is 122 Å². The van der Waals surface area contributed by atoms with E-state index in [9.17, 15) is 4.79 Å². The van der Waals surface area contributed by atoms with Crippen molar-refractivity contribution >= 4 is 17.2 Å². The van der Waals surface area contributed by atoms with E-state index in [0.717, 1.165) is 16.0 Å². The largest absolute Gasteiger partial charge is 0.351 e. The molecule has 3 nitrogen and oxygen atoms in total. The Morgan fingerprint density at radius 2 is 2.05 bits per heavy atom. The Kier molecular flexibility index (Phi) is 5.36. The van der Waals surface area contributed by atoms with Gasteiger partial charge in [0.05, 0.1) is 19.5 Å². The highest BCUT2D eigenvalue weighted by Gasteiger charge is 2.06. The van der Waals surface area contributed by atoms with E-state index in [0.29, 0.717) is 19.5 Å². The Hall–Kier alpha value is -2.09. The predicted octanol–water partition coefficient (Wildman–Crippen LogP) is 1.92. The standard InChI is InChI=1S/C16H16N2OS/c17-9-4-7-14-8-10-20-15(14)12-18-16(19)11-13-5-2-1-3-6-13/h1-3,5-6,8,10H,9,11-12,17H2,(H,18,19). The van der Waals surface area contributed by atoms with Crippen LogP contribution >= 0.6 is 11.3 Å². The third-order valence-corrected chi connectivity index (χ3v) is 3.65. The molecule has 0 aliphatic carbocycles. The number of amides is 1. The molecule has 0 aliphatic rings. The maximum absolute atomic E-state index is 11.9. The van der Waals surface area contributed by atoms with Crippen molar-refractivity contribution in [3.05, 3.63) is 57.8 Å². The predicted molar refractivity (Wildman–Crippen MR) is 82.2 cm³/mol. The molecule has 1 aromatic carbocycles. The zero-order valence-electron chi connectivity index (χ0n) is 11.1. The normalized spacial score (nSPS) is 9.65. The first kappa shape index (κ1) is 14.3. The Morgan fingerprint density at radius 3 is 2.80 bits per heavy atom. The van der Waals surface area contributed by atoms with Crippen LogP contribution < -0.4 is 11.1 Å². The summed E-state index contributed by atoms with van der Waals surface area (Å²) in [6, 6.07) is 11.7. The lowest BCUT2D eigenvalue weighted by atomic mass is 10.1. The summed E-state index contributed by atoms with van der Waals surface area (Å²) in [4.78, 5) is 12.9. The van der Waals surface area contributed by atoms with Crippen LogP contribution in [0.3, 0.4) is 0 Å². The number of benzene rings is 1. The highest BCUT2D eigenvalue weighted by atomic mass is 32.1. The van der Waals surface area contributed by atoms with Crippen LogP contribution in [-0.4, -0.2) is 12.5 Å². The maximum Gasteiger partial charge on any atom is 0.224 e. The molecule has 4 heteroatoms. The molecule has 0 saturated carbocycles. The minimum absolute atomic E-state index is 0.0161. The van der Waals surface area contributed by atoms with Gasteiger partial charge in [0.15, 0.2) is 0 Å². The van der Waals surface area contributed by atoms with Crippen molar-refractivity contribution in [2.45, 2.75) is 13.0 Å². The molecule has 2 aromatic rings. The van der Waals surface area contributed by atoms with E-state index >= 15 is 0 Å². The summed E-state index contributed by atoms with van der Waals surface area (Å²) < 4.78 is 0. The zero-order chi connectivity index (χ0) is 14.2. The van der Waals surface area contributed by atoms with E-state index in [1.54, 1.807) is 11.3 Å². The van der Waals surface area contributed by atoms with Crippen molar-refractivity contribution in [2.75, 3.05) is 6.54 Å². The van der Waals surface area contributed by atoms with Crippen LogP contribution in [0.25, 0.3) is 0 Å². The van der Waals surface area contributed by atoms with Crippen LogP contribution in [-0.2, 0) is 17.8 Å². The van der Waals surface area contributed by atoms with Crippen LogP contribution in [0.15, 0.2) is 41.8 Å². The number of carbonyl (C=O) groups excluding carboxylic acids is 1. The summed E-state index contributed by atoms with van der Waals surface area (Å²) in [5, 5.41) is 4.89. The molecule has 3 N–H and O–H groups in total. The van der Waals surface area contributed by atoms with Crippen LogP contribution in [0.5, 0.6) is 0 Å². The second-order valence-corrected chi connectivity index (χ2v) is 5.20. The monoisotopic (exact) mass is 284 g/mol. The number of hydrogen-bond donors (Lipinski definition) is 2. The number of nitrogens with two attached hydrogens (primary N) is 1. The first-order chi connectivity index (χ1) is 9.79. The average Bonchev–Trinajstić information content (AvgIpc) is 2.91. The smallest absolute Gasteiger partial charge is 0.224 e. The van der Waals surface area contributed by atoms with Gasteiger partial charge in [-0.1, -0.05) is 42.2 Å². The van der Waals surface area contributed by atoms with Gasteiger partial charge in [0.1, 0.15) is 0 Å². The van der Waals surface area contributed by atoms with Crippen molar-refractivity contribution in [3.8, 4) is 11.8 Å². The van der Waals surface area contributed by atoms with Crippen molar-refractivity contribution in [1.29, 1.82) is 0 Å². The fourth-order valence-corrected chi connectivity index (χ4v) is 2.53. The molecular formula is C16H16N2OS. The minimum Gasteiger partial charge on any atom is -0.351 e. The average molecular weight is 284 g/mol. The topological polar surface area (TPSA) is 55.1 Å². The van der Waals surface area contributed by atoms with Gasteiger partial charge in [-0.05, 0) is 17.0 Å². The van der Waals surface area contributed by atoms with E-state index < -0.39 is 0 Å². The Balaban J connectivity index is 1.89. The summed E-state index contributed by atoms with van der Waals surface area (Å²) in [5.74, 6) is 5.86. The fourth-order valence-electron chi connectivity index (χ4n) is 1.76. The molecule has 0 atom stereocenters. The molecule has 0 aliphatic heterocycles. The van der Waals surface area contributed by atoms with E-state index in [-0.39, 0.29) is 5.91 Å². The molecule has 0 spiro atoms. The number of carbonyl (C=O) groups is 1. The number of rotatable bonds is 4. The van der Waals surface area contributed by atoms with E-state index in [1.165, 1.54) is 0 Å². The maximum atomic E-state index is 11.9. The van der Waals surface area contributed by atoms with Gasteiger partial charge < -0.3 is 11.1 Å². The molecule has 102 valence electrons. The highest BCUT2D eigenvalue weighted by molar-refractivity contribution is 7.10. The molecular weight excluding hydrogens is 268 g/mol. The van der Waals surface area contributed by atoms with Crippen molar-refractivity contribution in [2.24, 2.45) is 5.73 Å². The van der Waals surface area contributed by atoms with Gasteiger partial charge in [-0.25, -0.2) is 0 Å². The molecule has 1 heterocycles. The first-order valence-electron chi connectivity index (χ1n) is 6.35. The van der Waals surface area contributed by atoms with Crippen LogP contribution in [0, 0.1) is 11.8 Å². The Bertz CT molecular complexity index is 623. The number of thiophene rings is 1.